The lowest BCUT2D eigenvalue weighted by Crippen LogP contribution is -2.01. The predicted molar refractivity (Wildman–Crippen MR) is 53.6 cm³/mol. The molecule has 0 heterocycles. The molecule has 1 aromatic rings. The molecule has 0 unspecified atom stereocenters. The van der Waals surface area contributed by atoms with Crippen LogP contribution in [0, 0.1) is 28.4 Å². The number of nitriles is 1. The summed E-state index contributed by atoms with van der Waals surface area (Å²) >= 11 is 0. The molecule has 1 aromatic carbocycles. The van der Waals surface area contributed by atoms with Gasteiger partial charge in [0.05, 0.1) is 17.4 Å². The minimum Gasteiger partial charge on any atom is -0.486 e. The number of ether oxygens (including phenoxy) is 1. The van der Waals surface area contributed by atoms with E-state index >= 15 is 0 Å². The van der Waals surface area contributed by atoms with Crippen molar-refractivity contribution in [2.75, 3.05) is 6.61 Å². The summed E-state index contributed by atoms with van der Waals surface area (Å²) in [6, 6.07) is 6.63. The lowest BCUT2D eigenvalue weighted by Gasteiger charge is -2.07. The third-order valence-electron chi connectivity index (χ3n) is 1.85. The number of nitro groups is 1. The van der Waals surface area contributed by atoms with Crippen molar-refractivity contribution in [2.45, 2.75) is 13.3 Å². The first-order valence-corrected chi connectivity index (χ1v) is 4.40. The highest BCUT2D eigenvalue weighted by Crippen LogP contribution is 2.30. The topological polar surface area (TPSA) is 76.2 Å². The summed E-state index contributed by atoms with van der Waals surface area (Å²) in [7, 11) is 0. The van der Waals surface area contributed by atoms with Crippen molar-refractivity contribution >= 4 is 5.69 Å². The third-order valence-corrected chi connectivity index (χ3v) is 1.85. The predicted octanol–water partition coefficient (Wildman–Crippen LogP) is 2.20. The van der Waals surface area contributed by atoms with Crippen LogP contribution in [0.4, 0.5) is 5.69 Å². The van der Waals surface area contributed by atoms with Crippen LogP contribution >= 0.6 is 0 Å². The SMILES string of the molecule is Cc1cccc([N+](=O)[O-])c1OCCC#N. The van der Waals surface area contributed by atoms with Gasteiger partial charge in [-0.05, 0) is 12.5 Å². The molecule has 0 radical (unpaired) electrons. The van der Waals surface area contributed by atoms with Crippen LogP contribution in [0.25, 0.3) is 0 Å². The zero-order chi connectivity index (χ0) is 11.3. The van der Waals surface area contributed by atoms with Gasteiger partial charge in [0.2, 0.25) is 0 Å². The Kier molecular flexibility index (Phi) is 3.63. The summed E-state index contributed by atoms with van der Waals surface area (Å²) in [5.74, 6) is 0.248. The van der Waals surface area contributed by atoms with Crippen molar-refractivity contribution in [2.24, 2.45) is 0 Å². The number of nitrogens with zero attached hydrogens (tertiary/aromatic N) is 2. The smallest absolute Gasteiger partial charge is 0.311 e. The van der Waals surface area contributed by atoms with Crippen LogP contribution in [-0.2, 0) is 0 Å². The third kappa shape index (κ3) is 2.68. The second-order valence-corrected chi connectivity index (χ2v) is 2.94. The average Bonchev–Trinajstić information content (AvgIpc) is 2.20. The number of para-hydroxylation sites is 1. The highest BCUT2D eigenvalue weighted by Gasteiger charge is 2.16. The minimum atomic E-state index is -0.491. The van der Waals surface area contributed by atoms with E-state index in [0.29, 0.717) is 5.56 Å². The number of nitro benzene ring substituents is 1. The summed E-state index contributed by atoms with van der Waals surface area (Å²) in [6.07, 6.45) is 0.214. The monoisotopic (exact) mass is 206 g/mol. The second-order valence-electron chi connectivity index (χ2n) is 2.94. The first kappa shape index (κ1) is 11.0. The van der Waals surface area contributed by atoms with Crippen LogP contribution in [0.2, 0.25) is 0 Å². The first-order chi connectivity index (χ1) is 7.16. The van der Waals surface area contributed by atoms with Crippen molar-refractivity contribution < 1.29 is 9.66 Å². The molecule has 0 saturated carbocycles. The summed E-state index contributed by atoms with van der Waals surface area (Å²) in [6.45, 7) is 1.90. The van der Waals surface area contributed by atoms with Crippen LogP contribution in [0.5, 0.6) is 5.75 Å². The van der Waals surface area contributed by atoms with E-state index < -0.39 is 4.92 Å². The van der Waals surface area contributed by atoms with Crippen molar-refractivity contribution in [1.82, 2.24) is 0 Å². The van der Waals surface area contributed by atoms with E-state index in [-0.39, 0.29) is 24.5 Å². The first-order valence-electron chi connectivity index (χ1n) is 4.40. The fourth-order valence-electron chi connectivity index (χ4n) is 1.17. The molecule has 0 bridgehead atoms. The van der Waals surface area contributed by atoms with E-state index in [1.807, 2.05) is 6.07 Å². The number of rotatable bonds is 4. The molecule has 5 nitrogen and oxygen atoms in total. The van der Waals surface area contributed by atoms with E-state index in [0.717, 1.165) is 0 Å². The van der Waals surface area contributed by atoms with Crippen molar-refractivity contribution in [3.63, 3.8) is 0 Å². The van der Waals surface area contributed by atoms with E-state index in [1.54, 1.807) is 19.1 Å². The molecule has 15 heavy (non-hydrogen) atoms. The highest BCUT2D eigenvalue weighted by atomic mass is 16.6. The Hall–Kier alpha value is -2.09. The quantitative estimate of drug-likeness (QED) is 0.430. The Labute approximate surface area is 87.1 Å². The standard InChI is InChI=1S/C10H10N2O3/c1-8-4-2-5-9(12(13)14)10(8)15-7-3-6-11/h2,4-5H,3,7H2,1H3. The molecule has 0 aliphatic rings. The Balaban J connectivity index is 2.93. The fourth-order valence-corrected chi connectivity index (χ4v) is 1.17. The molecule has 0 amide bonds. The van der Waals surface area contributed by atoms with Crippen molar-refractivity contribution in [1.29, 1.82) is 5.26 Å². The van der Waals surface area contributed by atoms with E-state index in [4.69, 9.17) is 10.00 Å². The lowest BCUT2D eigenvalue weighted by molar-refractivity contribution is -0.385. The highest BCUT2D eigenvalue weighted by molar-refractivity contribution is 5.51. The van der Waals surface area contributed by atoms with Crippen LogP contribution in [0.3, 0.4) is 0 Å². The van der Waals surface area contributed by atoms with E-state index in [2.05, 4.69) is 0 Å². The van der Waals surface area contributed by atoms with Crippen LogP contribution in [0.1, 0.15) is 12.0 Å². The molecule has 0 spiro atoms. The summed E-state index contributed by atoms with van der Waals surface area (Å²) in [5, 5.41) is 19.0. The molecule has 0 atom stereocenters. The molecule has 0 aromatic heterocycles. The van der Waals surface area contributed by atoms with Gasteiger partial charge in [-0.3, -0.25) is 10.1 Å². The van der Waals surface area contributed by atoms with Crippen LogP contribution in [0.15, 0.2) is 18.2 Å². The maximum atomic E-state index is 10.7. The second kappa shape index (κ2) is 4.96. The largest absolute Gasteiger partial charge is 0.486 e. The van der Waals surface area contributed by atoms with Gasteiger partial charge < -0.3 is 4.74 Å². The normalized spacial score (nSPS) is 9.33. The molecule has 0 aliphatic heterocycles. The molecule has 5 heteroatoms. The van der Waals surface area contributed by atoms with Gasteiger partial charge in [-0.2, -0.15) is 5.26 Å². The zero-order valence-electron chi connectivity index (χ0n) is 8.27. The van der Waals surface area contributed by atoms with Gasteiger partial charge in [0.25, 0.3) is 0 Å². The molecule has 78 valence electrons. The molecular formula is C10H10N2O3. The van der Waals surface area contributed by atoms with E-state index in [1.165, 1.54) is 6.07 Å². The molecule has 0 N–H and O–H groups in total. The molecular weight excluding hydrogens is 196 g/mol. The van der Waals surface area contributed by atoms with Gasteiger partial charge in [0.15, 0.2) is 5.75 Å². The van der Waals surface area contributed by atoms with Gasteiger partial charge in [0, 0.05) is 6.07 Å². The van der Waals surface area contributed by atoms with E-state index in [9.17, 15) is 10.1 Å². The molecule has 0 aliphatic carbocycles. The number of hydrogen-bond donors (Lipinski definition) is 0. The Morgan fingerprint density at radius 3 is 2.93 bits per heavy atom. The molecule has 0 saturated heterocycles. The van der Waals surface area contributed by atoms with Gasteiger partial charge in [0.1, 0.15) is 6.61 Å². The van der Waals surface area contributed by atoms with Crippen LogP contribution in [-0.4, -0.2) is 11.5 Å². The Morgan fingerprint density at radius 1 is 1.60 bits per heavy atom. The lowest BCUT2D eigenvalue weighted by atomic mass is 10.2. The van der Waals surface area contributed by atoms with Gasteiger partial charge in [-0.25, -0.2) is 0 Å². The van der Waals surface area contributed by atoms with Gasteiger partial charge in [-0.1, -0.05) is 12.1 Å². The maximum absolute atomic E-state index is 10.7. The average molecular weight is 206 g/mol. The fraction of sp³-hybridized carbons (Fsp3) is 0.300. The van der Waals surface area contributed by atoms with Gasteiger partial charge >= 0.3 is 5.69 Å². The van der Waals surface area contributed by atoms with Gasteiger partial charge in [-0.15, -0.1) is 0 Å². The Bertz CT molecular complexity index is 410. The minimum absolute atomic E-state index is 0.0621. The molecule has 1 rings (SSSR count). The number of hydrogen-bond acceptors (Lipinski definition) is 4. The summed E-state index contributed by atoms with van der Waals surface area (Å²) in [5.41, 5.74) is 0.634. The number of benzene rings is 1. The number of aryl methyl sites for hydroxylation is 1. The maximum Gasteiger partial charge on any atom is 0.311 e. The molecule has 0 fully saturated rings. The summed E-state index contributed by atoms with van der Waals surface area (Å²) in [4.78, 5) is 10.2. The van der Waals surface area contributed by atoms with Crippen molar-refractivity contribution in [3.05, 3.63) is 33.9 Å². The zero-order valence-corrected chi connectivity index (χ0v) is 8.27. The van der Waals surface area contributed by atoms with Crippen LogP contribution < -0.4 is 4.74 Å². The Morgan fingerprint density at radius 2 is 2.33 bits per heavy atom. The van der Waals surface area contributed by atoms with Crippen molar-refractivity contribution in [3.8, 4) is 11.8 Å². The summed E-state index contributed by atoms with van der Waals surface area (Å²) < 4.78 is 5.21.